The van der Waals surface area contributed by atoms with Crippen molar-refractivity contribution in [3.05, 3.63) is 67.2 Å². The first-order chi connectivity index (χ1) is 16.3. The maximum atomic E-state index is 13.8. The molecule has 3 aromatic rings. The van der Waals surface area contributed by atoms with Gasteiger partial charge in [0, 0.05) is 23.9 Å². The molecule has 0 radical (unpaired) electrons. The third-order valence-corrected chi connectivity index (χ3v) is 8.19. The van der Waals surface area contributed by atoms with Crippen LogP contribution in [0.1, 0.15) is 68.0 Å². The Balaban J connectivity index is 1.58. The summed E-state index contributed by atoms with van der Waals surface area (Å²) in [6.45, 7) is 4.73. The number of thiophene rings is 1. The van der Waals surface area contributed by atoms with Gasteiger partial charge in [-0.1, -0.05) is 49.6 Å². The molecular formula is C26H31N3O4S. The van der Waals surface area contributed by atoms with Crippen LogP contribution in [-0.2, 0) is 35.6 Å². The summed E-state index contributed by atoms with van der Waals surface area (Å²) in [6, 6.07) is 9.57. The Bertz CT molecular complexity index is 1330. The minimum Gasteiger partial charge on any atom is -0.370 e. The highest BCUT2D eigenvalue weighted by atomic mass is 32.1. The number of fused-ring (bicyclic) bond motifs is 3. The lowest BCUT2D eigenvalue weighted by Crippen LogP contribution is -2.44. The second-order valence-electron chi connectivity index (χ2n) is 10.0. The van der Waals surface area contributed by atoms with Crippen molar-refractivity contribution < 1.29 is 9.53 Å². The molecule has 1 aromatic carbocycles. The van der Waals surface area contributed by atoms with E-state index in [1.807, 2.05) is 44.2 Å². The Hall–Kier alpha value is -2.71. The molecule has 1 saturated carbocycles. The van der Waals surface area contributed by atoms with Gasteiger partial charge in [0.2, 0.25) is 5.91 Å². The summed E-state index contributed by atoms with van der Waals surface area (Å²) < 4.78 is 8.94. The van der Waals surface area contributed by atoms with E-state index in [1.54, 1.807) is 0 Å². The van der Waals surface area contributed by atoms with Crippen LogP contribution in [0.5, 0.6) is 0 Å². The molecule has 7 nitrogen and oxygen atoms in total. The van der Waals surface area contributed by atoms with Gasteiger partial charge in [-0.15, -0.1) is 11.3 Å². The largest absolute Gasteiger partial charge is 0.370 e. The fourth-order valence-electron chi connectivity index (χ4n) is 5.17. The number of ether oxygens (including phenoxy) is 1. The van der Waals surface area contributed by atoms with E-state index < -0.39 is 0 Å². The molecule has 0 saturated heterocycles. The molecule has 1 N–H and O–H groups in total. The van der Waals surface area contributed by atoms with Gasteiger partial charge in [0.05, 0.1) is 17.6 Å². The molecule has 1 aliphatic heterocycles. The number of hydrogen-bond donors (Lipinski definition) is 1. The zero-order valence-electron chi connectivity index (χ0n) is 19.8. The van der Waals surface area contributed by atoms with E-state index in [1.165, 1.54) is 20.5 Å². The molecule has 0 bridgehead atoms. The third kappa shape index (κ3) is 4.36. The topological polar surface area (TPSA) is 82.3 Å². The van der Waals surface area contributed by atoms with Crippen LogP contribution >= 0.6 is 11.3 Å². The van der Waals surface area contributed by atoms with Gasteiger partial charge in [-0.25, -0.2) is 4.79 Å². The number of rotatable bonds is 5. The average molecular weight is 482 g/mol. The zero-order chi connectivity index (χ0) is 23.9. The first kappa shape index (κ1) is 23.1. The van der Waals surface area contributed by atoms with Crippen molar-refractivity contribution in [2.75, 3.05) is 0 Å². The Labute approximate surface area is 202 Å². The average Bonchev–Trinajstić information content (AvgIpc) is 3.19. The van der Waals surface area contributed by atoms with Crippen LogP contribution in [0.25, 0.3) is 10.2 Å². The minimum absolute atomic E-state index is 0.111. The molecule has 8 heteroatoms. The van der Waals surface area contributed by atoms with Crippen LogP contribution in [0.2, 0.25) is 0 Å². The SMILES string of the molecule is CC1(C)Cc2c(sc3c2c(=O)n(C2CCCCC2)c(=O)n3CC(=O)NCc2ccccc2)CO1. The van der Waals surface area contributed by atoms with E-state index in [4.69, 9.17) is 4.74 Å². The maximum absolute atomic E-state index is 13.8. The Morgan fingerprint density at radius 3 is 2.62 bits per heavy atom. The van der Waals surface area contributed by atoms with Crippen LogP contribution < -0.4 is 16.6 Å². The lowest BCUT2D eigenvalue weighted by atomic mass is 9.93. The highest BCUT2D eigenvalue weighted by Gasteiger charge is 2.33. The van der Waals surface area contributed by atoms with Gasteiger partial charge in [0.25, 0.3) is 5.56 Å². The summed E-state index contributed by atoms with van der Waals surface area (Å²) >= 11 is 1.41. The van der Waals surface area contributed by atoms with E-state index in [-0.39, 0.29) is 35.3 Å². The standard InChI is InChI=1S/C26H31N3O4S/c1-26(2)13-19-20(16-33-26)34-24-22(19)23(31)29(18-11-7-4-8-12-18)25(32)28(24)15-21(30)27-14-17-9-5-3-6-10-17/h3,5-6,9-10,18H,4,7-8,11-16H2,1-2H3,(H,27,30). The molecule has 5 rings (SSSR count). The van der Waals surface area contributed by atoms with E-state index >= 15 is 0 Å². The number of nitrogens with zero attached hydrogens (tertiary/aromatic N) is 2. The molecule has 1 amide bonds. The molecule has 1 aliphatic carbocycles. The summed E-state index contributed by atoms with van der Waals surface area (Å²) in [5.41, 5.74) is 1.01. The molecule has 1 fully saturated rings. The van der Waals surface area contributed by atoms with Crippen molar-refractivity contribution in [2.24, 2.45) is 0 Å². The van der Waals surface area contributed by atoms with Crippen LogP contribution in [0.4, 0.5) is 0 Å². The van der Waals surface area contributed by atoms with Crippen LogP contribution in [0.15, 0.2) is 39.9 Å². The highest BCUT2D eigenvalue weighted by molar-refractivity contribution is 7.18. The number of amides is 1. The Morgan fingerprint density at radius 2 is 1.88 bits per heavy atom. The number of carbonyl (C=O) groups is 1. The normalized spacial score (nSPS) is 18.1. The molecule has 2 aliphatic rings. The van der Waals surface area contributed by atoms with E-state index in [2.05, 4.69) is 5.32 Å². The van der Waals surface area contributed by atoms with Gasteiger partial charge in [0.15, 0.2) is 0 Å². The van der Waals surface area contributed by atoms with Crippen LogP contribution in [0, 0.1) is 0 Å². The summed E-state index contributed by atoms with van der Waals surface area (Å²) in [5.74, 6) is -0.246. The van der Waals surface area contributed by atoms with E-state index in [0.717, 1.165) is 48.1 Å². The predicted octanol–water partition coefficient (Wildman–Crippen LogP) is 3.90. The Morgan fingerprint density at radius 1 is 1.15 bits per heavy atom. The van der Waals surface area contributed by atoms with Crippen molar-refractivity contribution in [2.45, 2.75) is 83.7 Å². The molecule has 2 aromatic heterocycles. The van der Waals surface area contributed by atoms with Crippen LogP contribution in [0.3, 0.4) is 0 Å². The van der Waals surface area contributed by atoms with Crippen molar-refractivity contribution in [1.82, 2.24) is 14.5 Å². The molecule has 0 spiro atoms. The minimum atomic E-state index is -0.378. The van der Waals surface area contributed by atoms with Gasteiger partial charge in [0.1, 0.15) is 11.4 Å². The first-order valence-corrected chi connectivity index (χ1v) is 12.9. The summed E-state index contributed by atoms with van der Waals surface area (Å²) in [4.78, 5) is 41.9. The number of nitrogens with one attached hydrogen (secondary N) is 1. The van der Waals surface area contributed by atoms with E-state index in [9.17, 15) is 14.4 Å². The number of carbonyl (C=O) groups excluding carboxylic acids is 1. The maximum Gasteiger partial charge on any atom is 0.332 e. The predicted molar refractivity (Wildman–Crippen MR) is 133 cm³/mol. The zero-order valence-corrected chi connectivity index (χ0v) is 20.6. The third-order valence-electron chi connectivity index (χ3n) is 6.96. The Kier molecular flexibility index (Phi) is 6.20. The highest BCUT2D eigenvalue weighted by Crippen LogP contribution is 2.37. The number of aromatic nitrogens is 2. The summed E-state index contributed by atoms with van der Waals surface area (Å²) in [6.07, 6.45) is 5.40. The monoisotopic (exact) mass is 481 g/mol. The van der Waals surface area contributed by atoms with Gasteiger partial charge in [-0.3, -0.25) is 18.7 Å². The second kappa shape index (κ2) is 9.15. The van der Waals surface area contributed by atoms with Gasteiger partial charge >= 0.3 is 5.69 Å². The number of hydrogen-bond acceptors (Lipinski definition) is 5. The fraction of sp³-hybridized carbons (Fsp3) is 0.500. The van der Waals surface area contributed by atoms with E-state index in [0.29, 0.717) is 29.8 Å². The van der Waals surface area contributed by atoms with Crippen molar-refractivity contribution in [3.8, 4) is 0 Å². The molecule has 34 heavy (non-hydrogen) atoms. The first-order valence-electron chi connectivity index (χ1n) is 12.1. The number of benzene rings is 1. The quantitative estimate of drug-likeness (QED) is 0.599. The van der Waals surface area contributed by atoms with Crippen molar-refractivity contribution >= 4 is 27.5 Å². The van der Waals surface area contributed by atoms with Crippen molar-refractivity contribution in [3.63, 3.8) is 0 Å². The molecule has 0 atom stereocenters. The molecular weight excluding hydrogens is 450 g/mol. The van der Waals surface area contributed by atoms with Gasteiger partial charge < -0.3 is 10.1 Å². The smallest absolute Gasteiger partial charge is 0.332 e. The lowest BCUT2D eigenvalue weighted by molar-refractivity contribution is -0.121. The second-order valence-corrected chi connectivity index (χ2v) is 11.1. The lowest BCUT2D eigenvalue weighted by Gasteiger charge is -2.30. The summed E-state index contributed by atoms with van der Waals surface area (Å²) in [7, 11) is 0. The van der Waals surface area contributed by atoms with Crippen molar-refractivity contribution in [1.29, 1.82) is 0 Å². The molecule has 0 unspecified atom stereocenters. The van der Waals surface area contributed by atoms with Crippen LogP contribution in [-0.4, -0.2) is 20.6 Å². The molecule has 3 heterocycles. The fourth-order valence-corrected chi connectivity index (χ4v) is 6.38. The molecule has 180 valence electrons. The van der Waals surface area contributed by atoms with Gasteiger partial charge in [-0.2, -0.15) is 0 Å². The van der Waals surface area contributed by atoms with Gasteiger partial charge in [-0.05, 0) is 37.8 Å². The summed E-state index contributed by atoms with van der Waals surface area (Å²) in [5, 5.41) is 3.52.